The quantitative estimate of drug-likeness (QED) is 0.793. The highest BCUT2D eigenvalue weighted by molar-refractivity contribution is 5.26. The van der Waals surface area contributed by atoms with E-state index in [9.17, 15) is 0 Å². The molecule has 0 amide bonds. The summed E-state index contributed by atoms with van der Waals surface area (Å²) in [6.07, 6.45) is 9.32. The van der Waals surface area contributed by atoms with Gasteiger partial charge < -0.3 is 5.32 Å². The topological polar surface area (TPSA) is 12.0 Å². The molecule has 18 heavy (non-hydrogen) atoms. The summed E-state index contributed by atoms with van der Waals surface area (Å²) < 4.78 is 0. The Balaban J connectivity index is 1.65. The Bertz CT molecular complexity index is 414. The first-order chi connectivity index (χ1) is 8.93. The van der Waals surface area contributed by atoms with E-state index in [0.29, 0.717) is 6.04 Å². The van der Waals surface area contributed by atoms with Crippen molar-refractivity contribution in [2.45, 2.75) is 51.0 Å². The monoisotopic (exact) mass is 241 g/mol. The van der Waals surface area contributed by atoms with Crippen LogP contribution in [-0.2, 0) is 6.42 Å². The molecule has 0 aromatic heterocycles. The maximum atomic E-state index is 3.73. The molecule has 1 unspecified atom stereocenters. The Morgan fingerprint density at radius 2 is 1.83 bits per heavy atom. The van der Waals surface area contributed by atoms with Gasteiger partial charge in [-0.15, -0.1) is 0 Å². The molecule has 0 saturated carbocycles. The fourth-order valence-corrected chi connectivity index (χ4v) is 3.45. The van der Waals surface area contributed by atoms with Crippen LogP contribution in [0.1, 0.15) is 44.1 Å². The normalized spacial score (nSPS) is 23.9. The first-order valence-corrected chi connectivity index (χ1v) is 7.41. The molecule has 1 N–H and O–H groups in total. The van der Waals surface area contributed by atoms with Gasteiger partial charge in [-0.2, -0.15) is 0 Å². The lowest BCUT2D eigenvalue weighted by molar-refractivity contribution is 0.457. The Morgan fingerprint density at radius 3 is 2.72 bits per heavy atom. The Kier molecular flexibility index (Phi) is 3.80. The molecule has 0 saturated heterocycles. The van der Waals surface area contributed by atoms with Crippen molar-refractivity contribution in [3.8, 4) is 0 Å². The molecule has 1 aromatic rings. The predicted octanol–water partition coefficient (Wildman–Crippen LogP) is 3.85. The molecule has 1 atom stereocenters. The van der Waals surface area contributed by atoms with Crippen molar-refractivity contribution < 1.29 is 0 Å². The molecule has 0 fully saturated rings. The van der Waals surface area contributed by atoms with Crippen LogP contribution >= 0.6 is 0 Å². The third-order valence-electron chi connectivity index (χ3n) is 4.43. The van der Waals surface area contributed by atoms with E-state index in [4.69, 9.17) is 0 Å². The number of hydrogen-bond acceptors (Lipinski definition) is 1. The van der Waals surface area contributed by atoms with Crippen LogP contribution in [0.5, 0.6) is 0 Å². The fraction of sp³-hybridized carbons (Fsp3) is 0.529. The standard InChI is InChI=1S/C17H23N/c1-2-6-14(7-3-1)10-11-17-16-9-5-4-8-15(16)12-13-18-17/h1-3,6-7,17-18H,4-5,8-13H2. The van der Waals surface area contributed by atoms with Gasteiger partial charge in [0.05, 0.1) is 0 Å². The van der Waals surface area contributed by atoms with E-state index in [2.05, 4.69) is 35.6 Å². The minimum absolute atomic E-state index is 0.661. The highest BCUT2D eigenvalue weighted by Gasteiger charge is 2.23. The van der Waals surface area contributed by atoms with E-state index in [1.54, 1.807) is 11.1 Å². The molecular formula is C17H23N. The highest BCUT2D eigenvalue weighted by atomic mass is 14.9. The average Bonchev–Trinajstić information content (AvgIpc) is 2.46. The zero-order valence-corrected chi connectivity index (χ0v) is 11.1. The van der Waals surface area contributed by atoms with Crippen LogP contribution in [0.25, 0.3) is 0 Å². The van der Waals surface area contributed by atoms with Crippen LogP contribution in [0.2, 0.25) is 0 Å². The number of aryl methyl sites for hydroxylation is 1. The van der Waals surface area contributed by atoms with E-state index in [0.717, 1.165) is 0 Å². The third kappa shape index (κ3) is 2.67. The van der Waals surface area contributed by atoms with Gasteiger partial charge in [0.15, 0.2) is 0 Å². The summed E-state index contributed by atoms with van der Waals surface area (Å²) in [4.78, 5) is 0. The van der Waals surface area contributed by atoms with E-state index < -0.39 is 0 Å². The zero-order valence-electron chi connectivity index (χ0n) is 11.1. The van der Waals surface area contributed by atoms with Gasteiger partial charge in [-0.05, 0) is 57.1 Å². The predicted molar refractivity (Wildman–Crippen MR) is 76.7 cm³/mol. The van der Waals surface area contributed by atoms with Crippen LogP contribution in [0.4, 0.5) is 0 Å². The lowest BCUT2D eigenvalue weighted by Crippen LogP contribution is -2.37. The smallest absolute Gasteiger partial charge is 0.0285 e. The highest BCUT2D eigenvalue weighted by Crippen LogP contribution is 2.32. The van der Waals surface area contributed by atoms with Gasteiger partial charge in [0, 0.05) is 6.04 Å². The molecule has 1 aliphatic carbocycles. The molecule has 0 radical (unpaired) electrons. The molecule has 1 aromatic carbocycles. The summed E-state index contributed by atoms with van der Waals surface area (Å²) in [6.45, 7) is 1.19. The molecular weight excluding hydrogens is 218 g/mol. The Morgan fingerprint density at radius 1 is 1.00 bits per heavy atom. The number of nitrogens with one attached hydrogen (secondary N) is 1. The van der Waals surface area contributed by atoms with E-state index in [-0.39, 0.29) is 0 Å². The second kappa shape index (κ2) is 5.71. The summed E-state index contributed by atoms with van der Waals surface area (Å²) in [5.41, 5.74) is 5.03. The van der Waals surface area contributed by atoms with Crippen LogP contribution in [-0.4, -0.2) is 12.6 Å². The van der Waals surface area contributed by atoms with E-state index >= 15 is 0 Å². The summed E-state index contributed by atoms with van der Waals surface area (Å²) in [5.74, 6) is 0. The first-order valence-electron chi connectivity index (χ1n) is 7.41. The van der Waals surface area contributed by atoms with Crippen LogP contribution in [0, 0.1) is 0 Å². The molecule has 1 heterocycles. The van der Waals surface area contributed by atoms with E-state index in [1.165, 1.54) is 57.1 Å². The van der Waals surface area contributed by atoms with Gasteiger partial charge in [-0.25, -0.2) is 0 Å². The average molecular weight is 241 g/mol. The van der Waals surface area contributed by atoms with Crippen molar-refractivity contribution in [2.24, 2.45) is 0 Å². The lowest BCUT2D eigenvalue weighted by Gasteiger charge is -2.33. The minimum Gasteiger partial charge on any atom is -0.310 e. The van der Waals surface area contributed by atoms with Gasteiger partial charge in [0.1, 0.15) is 0 Å². The summed E-state index contributed by atoms with van der Waals surface area (Å²) >= 11 is 0. The molecule has 2 aliphatic rings. The molecule has 3 rings (SSSR count). The molecule has 1 nitrogen and oxygen atoms in total. The van der Waals surface area contributed by atoms with Crippen molar-refractivity contribution in [1.82, 2.24) is 5.32 Å². The van der Waals surface area contributed by atoms with Crippen LogP contribution in [0.15, 0.2) is 41.5 Å². The summed E-state index contributed by atoms with van der Waals surface area (Å²) in [7, 11) is 0. The Labute approximate surface area is 110 Å². The van der Waals surface area contributed by atoms with Crippen molar-refractivity contribution in [3.05, 3.63) is 47.0 Å². The number of hydrogen-bond donors (Lipinski definition) is 1. The van der Waals surface area contributed by atoms with Gasteiger partial charge in [-0.1, -0.05) is 41.5 Å². The van der Waals surface area contributed by atoms with E-state index in [1.807, 2.05) is 0 Å². The minimum atomic E-state index is 0.661. The second-order valence-electron chi connectivity index (χ2n) is 5.62. The third-order valence-corrected chi connectivity index (χ3v) is 4.43. The van der Waals surface area contributed by atoms with Gasteiger partial charge in [0.2, 0.25) is 0 Å². The SMILES string of the molecule is c1ccc(CCC2NCCC3=C2CCCC3)cc1. The van der Waals surface area contributed by atoms with Gasteiger partial charge >= 0.3 is 0 Å². The number of benzene rings is 1. The number of rotatable bonds is 3. The van der Waals surface area contributed by atoms with Crippen molar-refractivity contribution >= 4 is 0 Å². The summed E-state index contributed by atoms with van der Waals surface area (Å²) in [6, 6.07) is 11.6. The molecule has 96 valence electrons. The fourth-order valence-electron chi connectivity index (χ4n) is 3.45. The maximum Gasteiger partial charge on any atom is 0.0285 e. The van der Waals surface area contributed by atoms with Crippen LogP contribution in [0.3, 0.4) is 0 Å². The molecule has 1 aliphatic heterocycles. The Hall–Kier alpha value is -1.08. The maximum absolute atomic E-state index is 3.73. The largest absolute Gasteiger partial charge is 0.310 e. The summed E-state index contributed by atoms with van der Waals surface area (Å²) in [5, 5.41) is 3.73. The van der Waals surface area contributed by atoms with Crippen molar-refractivity contribution in [2.75, 3.05) is 6.54 Å². The molecule has 0 spiro atoms. The van der Waals surface area contributed by atoms with Crippen molar-refractivity contribution in [3.63, 3.8) is 0 Å². The lowest BCUT2D eigenvalue weighted by atomic mass is 9.82. The second-order valence-corrected chi connectivity index (χ2v) is 5.62. The zero-order chi connectivity index (χ0) is 12.2. The molecule has 0 bridgehead atoms. The van der Waals surface area contributed by atoms with Crippen molar-refractivity contribution in [1.29, 1.82) is 0 Å². The first kappa shape index (κ1) is 12.0. The van der Waals surface area contributed by atoms with Gasteiger partial charge in [0.25, 0.3) is 0 Å². The van der Waals surface area contributed by atoms with Gasteiger partial charge in [-0.3, -0.25) is 0 Å². The molecule has 1 heteroatoms. The van der Waals surface area contributed by atoms with Crippen LogP contribution < -0.4 is 5.32 Å².